The second-order valence-corrected chi connectivity index (χ2v) is 3.58. The van der Waals surface area contributed by atoms with Crippen molar-refractivity contribution in [3.8, 4) is 0 Å². The van der Waals surface area contributed by atoms with E-state index in [0.29, 0.717) is 18.9 Å². The summed E-state index contributed by atoms with van der Waals surface area (Å²) in [5, 5.41) is 0. The third kappa shape index (κ3) is 4.11. The van der Waals surface area contributed by atoms with Gasteiger partial charge in [-0.2, -0.15) is 0 Å². The summed E-state index contributed by atoms with van der Waals surface area (Å²) in [6, 6.07) is 0. The fourth-order valence-corrected chi connectivity index (χ4v) is 1.55. The largest absolute Gasteiger partial charge is 0.466 e. The summed E-state index contributed by atoms with van der Waals surface area (Å²) in [4.78, 5) is 11.2. The fraction of sp³-hybridized carbons (Fsp3) is 0.727. The lowest BCUT2D eigenvalue weighted by atomic mass is 9.92. The summed E-state index contributed by atoms with van der Waals surface area (Å²) in [6.45, 7) is 2.58. The first-order valence-corrected chi connectivity index (χ1v) is 5.13. The average molecular weight is 182 g/mol. The lowest BCUT2D eigenvalue weighted by Crippen LogP contribution is -2.13. The Labute approximate surface area is 80.0 Å². The SMILES string of the molecule is CCCOC(=O)CC1CC=CCC1. The van der Waals surface area contributed by atoms with Crippen molar-refractivity contribution in [1.82, 2.24) is 0 Å². The van der Waals surface area contributed by atoms with Gasteiger partial charge in [-0.15, -0.1) is 0 Å². The van der Waals surface area contributed by atoms with Crippen LogP contribution in [0, 0.1) is 5.92 Å². The van der Waals surface area contributed by atoms with Gasteiger partial charge in [0, 0.05) is 6.42 Å². The van der Waals surface area contributed by atoms with Crippen molar-refractivity contribution in [2.45, 2.75) is 39.0 Å². The van der Waals surface area contributed by atoms with Gasteiger partial charge >= 0.3 is 5.97 Å². The van der Waals surface area contributed by atoms with Crippen LogP contribution in [0.2, 0.25) is 0 Å². The number of carbonyl (C=O) groups is 1. The van der Waals surface area contributed by atoms with Crippen molar-refractivity contribution in [3.63, 3.8) is 0 Å². The standard InChI is InChI=1S/C11H18O2/c1-2-8-13-11(12)9-10-6-4-3-5-7-10/h3-4,10H,2,5-9H2,1H3. The van der Waals surface area contributed by atoms with Gasteiger partial charge in [0.15, 0.2) is 0 Å². The van der Waals surface area contributed by atoms with Crippen LogP contribution in [0.25, 0.3) is 0 Å². The molecule has 13 heavy (non-hydrogen) atoms. The maximum Gasteiger partial charge on any atom is 0.306 e. The van der Waals surface area contributed by atoms with Crippen LogP contribution in [0.3, 0.4) is 0 Å². The molecule has 1 rings (SSSR count). The lowest BCUT2D eigenvalue weighted by molar-refractivity contribution is -0.144. The van der Waals surface area contributed by atoms with Crippen molar-refractivity contribution < 1.29 is 9.53 Å². The molecule has 0 N–H and O–H groups in total. The number of hydrogen-bond donors (Lipinski definition) is 0. The molecule has 0 aliphatic heterocycles. The summed E-state index contributed by atoms with van der Waals surface area (Å²) >= 11 is 0. The molecule has 2 nitrogen and oxygen atoms in total. The second kappa shape index (κ2) is 5.79. The predicted octanol–water partition coefficient (Wildman–Crippen LogP) is 2.69. The Kier molecular flexibility index (Phi) is 4.58. The van der Waals surface area contributed by atoms with Crippen LogP contribution in [0.1, 0.15) is 39.0 Å². The quantitative estimate of drug-likeness (QED) is 0.493. The number of rotatable bonds is 4. The minimum atomic E-state index is -0.0258. The monoisotopic (exact) mass is 182 g/mol. The third-order valence-corrected chi connectivity index (χ3v) is 2.30. The van der Waals surface area contributed by atoms with Gasteiger partial charge in [-0.05, 0) is 31.6 Å². The van der Waals surface area contributed by atoms with Gasteiger partial charge < -0.3 is 4.74 Å². The normalized spacial score (nSPS) is 21.5. The van der Waals surface area contributed by atoms with E-state index in [-0.39, 0.29) is 5.97 Å². The highest BCUT2D eigenvalue weighted by Gasteiger charge is 2.14. The first-order valence-electron chi connectivity index (χ1n) is 5.13. The Morgan fingerprint density at radius 2 is 2.38 bits per heavy atom. The summed E-state index contributed by atoms with van der Waals surface area (Å²) in [6.07, 6.45) is 9.17. The molecule has 0 amide bonds. The number of allylic oxidation sites excluding steroid dienone is 2. The van der Waals surface area contributed by atoms with Crippen LogP contribution in [-0.4, -0.2) is 12.6 Å². The van der Waals surface area contributed by atoms with Crippen molar-refractivity contribution in [2.24, 2.45) is 5.92 Å². The zero-order valence-electron chi connectivity index (χ0n) is 8.29. The zero-order chi connectivity index (χ0) is 9.52. The van der Waals surface area contributed by atoms with E-state index in [4.69, 9.17) is 4.74 Å². The van der Waals surface area contributed by atoms with Crippen LogP contribution in [0.4, 0.5) is 0 Å². The van der Waals surface area contributed by atoms with Gasteiger partial charge in [0.25, 0.3) is 0 Å². The average Bonchev–Trinajstić information content (AvgIpc) is 2.16. The van der Waals surface area contributed by atoms with Gasteiger partial charge in [-0.3, -0.25) is 4.79 Å². The molecule has 0 saturated carbocycles. The Bertz CT molecular complexity index is 185. The highest BCUT2D eigenvalue weighted by molar-refractivity contribution is 5.69. The number of carbonyl (C=O) groups excluding carboxylic acids is 1. The van der Waals surface area contributed by atoms with E-state index < -0.39 is 0 Å². The first kappa shape index (κ1) is 10.3. The van der Waals surface area contributed by atoms with Crippen LogP contribution in [0.5, 0.6) is 0 Å². The van der Waals surface area contributed by atoms with E-state index in [1.165, 1.54) is 0 Å². The Balaban J connectivity index is 2.15. The van der Waals surface area contributed by atoms with Crippen molar-refractivity contribution in [3.05, 3.63) is 12.2 Å². The summed E-state index contributed by atoms with van der Waals surface area (Å²) in [5.41, 5.74) is 0. The summed E-state index contributed by atoms with van der Waals surface area (Å²) in [7, 11) is 0. The van der Waals surface area contributed by atoms with Crippen LogP contribution in [-0.2, 0) is 9.53 Å². The molecule has 74 valence electrons. The Morgan fingerprint density at radius 1 is 1.54 bits per heavy atom. The minimum Gasteiger partial charge on any atom is -0.466 e. The fourth-order valence-electron chi connectivity index (χ4n) is 1.55. The van der Waals surface area contributed by atoms with Crippen molar-refractivity contribution in [2.75, 3.05) is 6.61 Å². The van der Waals surface area contributed by atoms with E-state index in [9.17, 15) is 4.79 Å². The summed E-state index contributed by atoms with van der Waals surface area (Å²) in [5.74, 6) is 0.497. The zero-order valence-corrected chi connectivity index (χ0v) is 8.29. The highest BCUT2D eigenvalue weighted by Crippen LogP contribution is 2.21. The van der Waals surface area contributed by atoms with Gasteiger partial charge in [0.05, 0.1) is 6.61 Å². The second-order valence-electron chi connectivity index (χ2n) is 3.58. The number of hydrogen-bond acceptors (Lipinski definition) is 2. The molecular weight excluding hydrogens is 164 g/mol. The molecule has 0 fully saturated rings. The Morgan fingerprint density at radius 3 is 3.00 bits per heavy atom. The van der Waals surface area contributed by atoms with E-state index in [1.54, 1.807) is 0 Å². The maximum atomic E-state index is 11.2. The van der Waals surface area contributed by atoms with E-state index in [2.05, 4.69) is 12.2 Å². The highest BCUT2D eigenvalue weighted by atomic mass is 16.5. The molecule has 0 aromatic rings. The molecule has 0 spiro atoms. The third-order valence-electron chi connectivity index (χ3n) is 2.30. The molecule has 0 bridgehead atoms. The number of esters is 1. The topological polar surface area (TPSA) is 26.3 Å². The smallest absolute Gasteiger partial charge is 0.306 e. The predicted molar refractivity (Wildman–Crippen MR) is 52.3 cm³/mol. The lowest BCUT2D eigenvalue weighted by Gasteiger charge is -2.16. The molecule has 1 aliphatic carbocycles. The van der Waals surface area contributed by atoms with Gasteiger partial charge in [0.1, 0.15) is 0 Å². The van der Waals surface area contributed by atoms with Crippen molar-refractivity contribution in [1.29, 1.82) is 0 Å². The molecular formula is C11H18O2. The Hall–Kier alpha value is -0.790. The van der Waals surface area contributed by atoms with E-state index >= 15 is 0 Å². The van der Waals surface area contributed by atoms with Crippen LogP contribution < -0.4 is 0 Å². The molecule has 1 atom stereocenters. The molecule has 0 heterocycles. The van der Waals surface area contributed by atoms with Crippen LogP contribution in [0.15, 0.2) is 12.2 Å². The van der Waals surface area contributed by atoms with E-state index in [1.807, 2.05) is 6.92 Å². The molecule has 0 saturated heterocycles. The van der Waals surface area contributed by atoms with Crippen molar-refractivity contribution >= 4 is 5.97 Å². The number of ether oxygens (including phenoxy) is 1. The van der Waals surface area contributed by atoms with Gasteiger partial charge in [-0.25, -0.2) is 0 Å². The first-order chi connectivity index (χ1) is 6.33. The molecule has 0 radical (unpaired) electrons. The molecule has 1 aliphatic rings. The van der Waals surface area contributed by atoms with E-state index in [0.717, 1.165) is 25.7 Å². The van der Waals surface area contributed by atoms with Crippen LogP contribution >= 0.6 is 0 Å². The van der Waals surface area contributed by atoms with Gasteiger partial charge in [0.2, 0.25) is 0 Å². The molecule has 0 aromatic heterocycles. The molecule has 0 aromatic carbocycles. The minimum absolute atomic E-state index is 0.0258. The maximum absolute atomic E-state index is 11.2. The molecule has 2 heteroatoms. The van der Waals surface area contributed by atoms with Gasteiger partial charge in [-0.1, -0.05) is 19.1 Å². The molecule has 1 unspecified atom stereocenters. The summed E-state index contributed by atoms with van der Waals surface area (Å²) < 4.78 is 5.03.